The normalized spacial score (nSPS) is 14.7. The number of hydrogen-bond acceptors (Lipinski definition) is 5. The number of amides is 1. The second-order valence-electron chi connectivity index (χ2n) is 7.52. The Kier molecular flexibility index (Phi) is 6.31. The van der Waals surface area contributed by atoms with Crippen LogP contribution in [0.5, 0.6) is 0 Å². The van der Waals surface area contributed by atoms with Crippen molar-refractivity contribution in [3.8, 4) is 0 Å². The van der Waals surface area contributed by atoms with E-state index >= 15 is 0 Å². The predicted octanol–water partition coefficient (Wildman–Crippen LogP) is 4.70. The number of sulfone groups is 1. The van der Waals surface area contributed by atoms with Gasteiger partial charge in [-0.3, -0.25) is 5.32 Å². The molecule has 0 aliphatic heterocycles. The lowest BCUT2D eigenvalue weighted by Gasteiger charge is -2.11. The number of aromatic nitrogens is 1. The van der Waals surface area contributed by atoms with Crippen LogP contribution in [0, 0.1) is 0 Å². The lowest BCUT2D eigenvalue weighted by molar-refractivity contribution is -0.137. The van der Waals surface area contributed by atoms with E-state index < -0.39 is 32.9 Å². The topological polar surface area (TPSA) is 110 Å². The number of carbonyl (C=O) groups is 1. The van der Waals surface area contributed by atoms with Crippen LogP contribution in [0.1, 0.15) is 44.9 Å². The maximum Gasteiger partial charge on any atom is 0.416 e. The Morgan fingerprint density at radius 3 is 2.10 bits per heavy atom. The minimum Gasteiger partial charge on any atom is -0.465 e. The molecular formula is C18H21F3N2O5S. The highest BCUT2D eigenvalue weighted by Crippen LogP contribution is 2.35. The van der Waals surface area contributed by atoms with Crippen LogP contribution in [0.15, 0.2) is 39.8 Å². The molecule has 1 saturated carbocycles. The average Bonchev–Trinajstić information content (AvgIpc) is 3.34. The number of hydrogen-bond donors (Lipinski definition) is 2. The van der Waals surface area contributed by atoms with Gasteiger partial charge in [0.15, 0.2) is 15.7 Å². The summed E-state index contributed by atoms with van der Waals surface area (Å²) in [6.45, 7) is 5.87. The van der Waals surface area contributed by atoms with Crippen molar-refractivity contribution in [3.63, 3.8) is 0 Å². The van der Waals surface area contributed by atoms with Gasteiger partial charge in [-0.2, -0.15) is 13.2 Å². The fourth-order valence-corrected chi connectivity index (χ4v) is 3.86. The summed E-state index contributed by atoms with van der Waals surface area (Å²) in [5.74, 6) is 0.869. The summed E-state index contributed by atoms with van der Waals surface area (Å²) in [6, 6.07) is 5.23. The number of nitrogens with zero attached hydrogens (tertiary/aromatic N) is 1. The Balaban J connectivity index is 0.000000212. The molecule has 1 aromatic heterocycles. The van der Waals surface area contributed by atoms with E-state index in [4.69, 9.17) is 9.63 Å². The smallest absolute Gasteiger partial charge is 0.416 e. The van der Waals surface area contributed by atoms with Gasteiger partial charge in [0.2, 0.25) is 0 Å². The van der Waals surface area contributed by atoms with Gasteiger partial charge < -0.3 is 9.63 Å². The largest absolute Gasteiger partial charge is 0.465 e. The first-order chi connectivity index (χ1) is 13.2. The Morgan fingerprint density at radius 1 is 1.17 bits per heavy atom. The van der Waals surface area contributed by atoms with Gasteiger partial charge in [0.05, 0.1) is 15.7 Å². The molecule has 0 spiro atoms. The molecule has 160 valence electrons. The highest BCUT2D eigenvalue weighted by molar-refractivity contribution is 7.92. The van der Waals surface area contributed by atoms with Crippen LogP contribution < -0.4 is 5.32 Å². The quantitative estimate of drug-likeness (QED) is 0.724. The van der Waals surface area contributed by atoms with Gasteiger partial charge in [-0.25, -0.2) is 13.2 Å². The van der Waals surface area contributed by atoms with Crippen molar-refractivity contribution in [2.75, 3.05) is 5.32 Å². The molecule has 0 unspecified atom stereocenters. The molecule has 11 heteroatoms. The van der Waals surface area contributed by atoms with Gasteiger partial charge in [-0.15, -0.1) is 0 Å². The van der Waals surface area contributed by atoms with Crippen molar-refractivity contribution in [3.05, 3.63) is 41.7 Å². The number of halogens is 3. The van der Waals surface area contributed by atoms with E-state index in [0.717, 1.165) is 24.3 Å². The van der Waals surface area contributed by atoms with Gasteiger partial charge in [0, 0.05) is 11.5 Å². The van der Waals surface area contributed by atoms with Gasteiger partial charge in [-0.1, -0.05) is 25.9 Å². The predicted molar refractivity (Wildman–Crippen MR) is 98.5 cm³/mol. The van der Waals surface area contributed by atoms with E-state index in [-0.39, 0.29) is 16.1 Å². The minimum absolute atomic E-state index is 0.0250. The van der Waals surface area contributed by atoms with Crippen molar-refractivity contribution < 1.29 is 36.0 Å². The fraction of sp³-hybridized carbons (Fsp3) is 0.444. The number of rotatable bonds is 3. The molecule has 1 amide bonds. The molecule has 0 bridgehead atoms. The van der Waals surface area contributed by atoms with Crippen LogP contribution in [0.25, 0.3) is 0 Å². The molecule has 1 aliphatic carbocycles. The molecule has 0 radical (unpaired) electrons. The van der Waals surface area contributed by atoms with Crippen LogP contribution in [-0.2, 0) is 21.4 Å². The molecule has 3 rings (SSSR count). The first-order valence-corrected chi connectivity index (χ1v) is 10.1. The van der Waals surface area contributed by atoms with E-state index in [9.17, 15) is 26.4 Å². The van der Waals surface area contributed by atoms with Crippen molar-refractivity contribution in [2.45, 2.75) is 55.3 Å². The third-order valence-corrected chi connectivity index (χ3v) is 6.24. The van der Waals surface area contributed by atoms with E-state index in [0.29, 0.717) is 18.6 Å². The molecule has 1 fully saturated rings. The van der Waals surface area contributed by atoms with Gasteiger partial charge in [0.1, 0.15) is 5.76 Å². The Morgan fingerprint density at radius 2 is 1.72 bits per heavy atom. The number of benzene rings is 1. The summed E-state index contributed by atoms with van der Waals surface area (Å²) in [6.07, 6.45) is -4.37. The fourth-order valence-electron chi connectivity index (χ4n) is 2.20. The van der Waals surface area contributed by atoms with Crippen LogP contribution in [-0.4, -0.2) is 30.0 Å². The number of alkyl halides is 3. The molecule has 7 nitrogen and oxygen atoms in total. The Bertz CT molecular complexity index is 957. The monoisotopic (exact) mass is 434 g/mol. The maximum absolute atomic E-state index is 12.2. The number of nitrogens with one attached hydrogen (secondary N) is 1. The van der Waals surface area contributed by atoms with Crippen LogP contribution >= 0.6 is 0 Å². The van der Waals surface area contributed by atoms with Gasteiger partial charge in [0.25, 0.3) is 0 Å². The zero-order chi connectivity index (χ0) is 22.0. The molecule has 1 heterocycles. The summed E-state index contributed by atoms with van der Waals surface area (Å²) in [5.41, 5.74) is -0.993. The molecule has 29 heavy (non-hydrogen) atoms. The zero-order valence-corrected chi connectivity index (χ0v) is 16.8. The van der Waals surface area contributed by atoms with Gasteiger partial charge in [-0.05, 0) is 37.1 Å². The molecule has 2 aromatic rings. The van der Waals surface area contributed by atoms with Crippen molar-refractivity contribution >= 4 is 21.7 Å². The van der Waals surface area contributed by atoms with Crippen molar-refractivity contribution in [2.24, 2.45) is 0 Å². The number of anilines is 1. The summed E-state index contributed by atoms with van der Waals surface area (Å²) >= 11 is 0. The average molecular weight is 434 g/mol. The van der Waals surface area contributed by atoms with Crippen molar-refractivity contribution in [1.29, 1.82) is 0 Å². The van der Waals surface area contributed by atoms with E-state index in [1.165, 1.54) is 0 Å². The van der Waals surface area contributed by atoms with Crippen molar-refractivity contribution in [1.82, 2.24) is 5.16 Å². The molecular weight excluding hydrogens is 413 g/mol. The molecule has 1 aliphatic rings. The molecule has 2 N–H and O–H groups in total. The summed E-state index contributed by atoms with van der Waals surface area (Å²) in [7, 11) is -3.40. The first kappa shape index (κ1) is 22.7. The van der Waals surface area contributed by atoms with E-state index in [1.807, 2.05) is 20.8 Å². The molecule has 1 aromatic carbocycles. The second-order valence-corrected chi connectivity index (χ2v) is 9.75. The third kappa shape index (κ3) is 6.21. The first-order valence-electron chi connectivity index (χ1n) is 8.59. The maximum atomic E-state index is 12.2. The highest BCUT2D eigenvalue weighted by Gasteiger charge is 2.37. The van der Waals surface area contributed by atoms with Crippen LogP contribution in [0.2, 0.25) is 0 Å². The zero-order valence-electron chi connectivity index (χ0n) is 15.9. The SMILES string of the molecule is CC(C)(C)c1cc(NC(=O)O)no1.O=S(=O)(c1ccc(C(F)(F)F)cc1)C1CC1. The standard InChI is InChI=1S/C10H9F3O2S.C8H12N2O3/c11-10(12,13)7-1-3-8(4-2-7)16(14,15)9-5-6-9;1-8(2,3)5-4-6(10-13-5)9-7(11)12/h1-4,9H,5-6H2;4H,1-3H3,(H,9,10)(H,11,12). The Labute approximate surface area is 165 Å². The van der Waals surface area contributed by atoms with E-state index in [1.54, 1.807) is 6.07 Å². The highest BCUT2D eigenvalue weighted by atomic mass is 32.2. The van der Waals surface area contributed by atoms with E-state index in [2.05, 4.69) is 10.5 Å². The summed E-state index contributed by atoms with van der Waals surface area (Å²) < 4.78 is 65.0. The molecule has 0 saturated heterocycles. The Hall–Kier alpha value is -2.56. The lowest BCUT2D eigenvalue weighted by atomic mass is 9.93. The van der Waals surface area contributed by atoms with Crippen LogP contribution in [0.3, 0.4) is 0 Å². The number of carboxylic acid groups (broad SMARTS) is 1. The van der Waals surface area contributed by atoms with Gasteiger partial charge >= 0.3 is 12.3 Å². The summed E-state index contributed by atoms with van der Waals surface area (Å²) in [4.78, 5) is 10.2. The summed E-state index contributed by atoms with van der Waals surface area (Å²) in [5, 5.41) is 13.7. The second kappa shape index (κ2) is 8.05. The van der Waals surface area contributed by atoms with Crippen LogP contribution in [0.4, 0.5) is 23.8 Å². The third-order valence-electron chi connectivity index (χ3n) is 3.96. The minimum atomic E-state index is -4.43. The lowest BCUT2D eigenvalue weighted by Crippen LogP contribution is -2.10. The molecule has 0 atom stereocenters.